The molecule has 0 aliphatic rings. The van der Waals surface area contributed by atoms with Crippen LogP contribution in [0.5, 0.6) is 0 Å². The first kappa shape index (κ1) is 9.07. The van der Waals surface area contributed by atoms with E-state index in [0.29, 0.717) is 0 Å². The lowest BCUT2D eigenvalue weighted by Crippen LogP contribution is -1.25. The van der Waals surface area contributed by atoms with E-state index in [1.807, 2.05) is 0 Å². The van der Waals surface area contributed by atoms with Gasteiger partial charge in [0.2, 0.25) is 0 Å². The van der Waals surface area contributed by atoms with Crippen molar-refractivity contribution in [2.24, 2.45) is 0 Å². The first-order valence-corrected chi connectivity index (χ1v) is 0.894. The highest BCUT2D eigenvalue weighted by Crippen LogP contribution is 0.757. The lowest BCUT2D eigenvalue weighted by atomic mass is 11.8. The van der Waals surface area contributed by atoms with E-state index < -0.39 is 0 Å². The number of hydrogen-bond donors (Lipinski definition) is 2. The van der Waals surface area contributed by atoms with Crippen LogP contribution in [0.3, 0.4) is 0 Å². The maximum atomic E-state index is 7.00. The van der Waals surface area contributed by atoms with Gasteiger partial charge in [-0.25, -0.2) is 0 Å². The summed E-state index contributed by atoms with van der Waals surface area (Å²) in [5, 5.41) is 14.0. The van der Waals surface area contributed by atoms with Crippen LogP contribution in [0.2, 0.25) is 0 Å². The van der Waals surface area contributed by atoms with Crippen molar-refractivity contribution in [1.82, 2.24) is 0 Å². The van der Waals surface area contributed by atoms with Gasteiger partial charge in [-0.3, -0.25) is 0 Å². The van der Waals surface area contributed by atoms with Crippen LogP contribution in [0.1, 0.15) is 1.43 Å². The van der Waals surface area contributed by atoms with Crippen LogP contribution in [0.4, 0.5) is 0 Å². The Morgan fingerprint density at radius 2 is 1.00 bits per heavy atom. The van der Waals surface area contributed by atoms with Crippen molar-refractivity contribution >= 4 is 0 Å². The molecule has 0 amide bonds. The normalized spacial score (nSPS) is 3.00. The molecule has 0 aliphatic heterocycles. The summed E-state index contributed by atoms with van der Waals surface area (Å²) in [6, 6.07) is 0. The fourth-order valence-corrected chi connectivity index (χ4v) is 0. The van der Waals surface area contributed by atoms with Gasteiger partial charge in [-0.1, -0.05) is 0 Å². The lowest BCUT2D eigenvalue weighted by Gasteiger charge is -1.21. The summed E-state index contributed by atoms with van der Waals surface area (Å²) in [4.78, 5) is 0. The maximum absolute atomic E-state index is 7.00. The summed E-state index contributed by atoms with van der Waals surface area (Å²) in [6.07, 6.45) is 0. The van der Waals surface area contributed by atoms with Crippen LogP contribution in [-0.2, 0) is 0 Å². The summed E-state index contributed by atoms with van der Waals surface area (Å²) in [6.45, 7) is 0. The molecule has 2 nitrogen and oxygen atoms in total. The molecular formula is C2H9O2+. The van der Waals surface area contributed by atoms with Crippen molar-refractivity contribution in [3.63, 3.8) is 0 Å². The van der Waals surface area contributed by atoms with E-state index in [9.17, 15) is 0 Å². The van der Waals surface area contributed by atoms with Crippen molar-refractivity contribution in [2.75, 3.05) is 14.2 Å². The van der Waals surface area contributed by atoms with Gasteiger partial charge < -0.3 is 10.2 Å². The minimum atomic E-state index is 0. The smallest absolute Gasteiger partial charge is 0.400 e. The molecular weight excluding hydrogens is 56.0 g/mol. The maximum Gasteiger partial charge on any atom is 1.00 e. The van der Waals surface area contributed by atoms with Gasteiger partial charge in [0.1, 0.15) is 0 Å². The van der Waals surface area contributed by atoms with Crippen molar-refractivity contribution < 1.29 is 11.6 Å². The highest BCUT2D eigenvalue weighted by atomic mass is 16.2. The third-order valence-corrected chi connectivity index (χ3v) is 0. The Bertz CT molecular complexity index is 7.61. The van der Waals surface area contributed by atoms with Gasteiger partial charge in [-0.2, -0.15) is 0 Å². The molecule has 0 saturated carbocycles. The second-order valence-electron chi connectivity index (χ2n) is 0. The van der Waals surface area contributed by atoms with Gasteiger partial charge in [0.25, 0.3) is 0 Å². The molecule has 0 aromatic carbocycles. The fraction of sp³-hybridized carbons (Fsp3) is 1.00. The van der Waals surface area contributed by atoms with Crippen LogP contribution < -0.4 is 0 Å². The Balaban J connectivity index is -0.0000000133. The largest absolute Gasteiger partial charge is 1.00 e. The van der Waals surface area contributed by atoms with E-state index in [1.54, 1.807) is 0 Å². The first-order valence-electron chi connectivity index (χ1n) is 0.894. The molecule has 0 aromatic rings. The summed E-state index contributed by atoms with van der Waals surface area (Å²) < 4.78 is 0. The Morgan fingerprint density at radius 3 is 1.00 bits per heavy atom. The van der Waals surface area contributed by atoms with Gasteiger partial charge >= 0.3 is 1.43 Å². The fourth-order valence-electron chi connectivity index (χ4n) is 0. The lowest BCUT2D eigenvalue weighted by molar-refractivity contribution is 0.399. The molecule has 0 aromatic heterocycles. The summed E-state index contributed by atoms with van der Waals surface area (Å²) in [7, 11) is 2.00. The number of aliphatic hydroxyl groups excluding tert-OH is 2. The Labute approximate surface area is 27.2 Å². The Morgan fingerprint density at radius 1 is 1.00 bits per heavy atom. The van der Waals surface area contributed by atoms with Gasteiger partial charge in [0.15, 0.2) is 0 Å². The van der Waals surface area contributed by atoms with Crippen LogP contribution in [0, 0.1) is 0 Å². The predicted octanol–water partition coefficient (Wildman–Crippen LogP) is -0.671. The zero-order valence-corrected chi connectivity index (χ0v) is 2.89. The summed E-state index contributed by atoms with van der Waals surface area (Å²) >= 11 is 0. The quantitative estimate of drug-likeness (QED) is 0.393. The third-order valence-electron chi connectivity index (χ3n) is 0. The molecule has 2 N–H and O–H groups in total. The number of rotatable bonds is 0. The summed E-state index contributed by atoms with van der Waals surface area (Å²) in [5.41, 5.74) is 0. The molecule has 0 aliphatic carbocycles. The topological polar surface area (TPSA) is 40.5 Å². The third kappa shape index (κ3) is 254. The minimum absolute atomic E-state index is 0. The second kappa shape index (κ2) is 1680. The molecule has 2 heteroatoms. The van der Waals surface area contributed by atoms with Crippen molar-refractivity contribution in [3.05, 3.63) is 0 Å². The molecule has 0 atom stereocenters. The van der Waals surface area contributed by atoms with Crippen LogP contribution in [-0.4, -0.2) is 24.4 Å². The number of aliphatic hydroxyl groups is 2. The zero-order chi connectivity index (χ0) is 4.00. The molecule has 0 fully saturated rings. The van der Waals surface area contributed by atoms with Gasteiger partial charge in [-0.15, -0.1) is 0 Å². The highest BCUT2D eigenvalue weighted by molar-refractivity contribution is 3.18. The van der Waals surface area contributed by atoms with Crippen LogP contribution >= 0.6 is 0 Å². The van der Waals surface area contributed by atoms with E-state index in [0.717, 1.165) is 14.2 Å². The number of hydrogen-bond acceptors (Lipinski definition) is 2. The molecule has 4 heavy (non-hydrogen) atoms. The van der Waals surface area contributed by atoms with E-state index in [2.05, 4.69) is 0 Å². The molecule has 0 rings (SSSR count). The molecule has 0 saturated heterocycles. The molecule has 0 radical (unpaired) electrons. The molecule has 28 valence electrons. The van der Waals surface area contributed by atoms with Gasteiger partial charge in [-0.05, 0) is 0 Å². The van der Waals surface area contributed by atoms with E-state index in [1.165, 1.54) is 0 Å². The average Bonchev–Trinajstić information content (AvgIpc) is 1.50. The zero-order valence-electron chi connectivity index (χ0n) is 3.89. The average molecular weight is 65.1 g/mol. The van der Waals surface area contributed by atoms with E-state index >= 15 is 0 Å². The highest BCUT2D eigenvalue weighted by Gasteiger charge is 0.841. The van der Waals surface area contributed by atoms with Gasteiger partial charge in [0, 0.05) is 14.2 Å². The first-order chi connectivity index (χ1) is 2.00. The van der Waals surface area contributed by atoms with Crippen molar-refractivity contribution in [3.8, 4) is 0 Å². The van der Waals surface area contributed by atoms with Crippen molar-refractivity contribution in [2.45, 2.75) is 0 Å². The minimum Gasteiger partial charge on any atom is -0.400 e. The van der Waals surface area contributed by atoms with E-state index in [4.69, 9.17) is 10.2 Å². The summed E-state index contributed by atoms with van der Waals surface area (Å²) in [5.74, 6) is 0. The SMILES string of the molecule is CO.CO.[H+]. The van der Waals surface area contributed by atoms with Crippen LogP contribution in [0.25, 0.3) is 0 Å². The predicted molar refractivity (Wildman–Crippen MR) is 17.4 cm³/mol. The van der Waals surface area contributed by atoms with Crippen LogP contribution in [0.15, 0.2) is 0 Å². The second-order valence-corrected chi connectivity index (χ2v) is 0. The van der Waals surface area contributed by atoms with Crippen molar-refractivity contribution in [1.29, 1.82) is 0 Å². The van der Waals surface area contributed by atoms with E-state index in [-0.39, 0.29) is 1.43 Å². The monoisotopic (exact) mass is 65.1 g/mol. The Hall–Kier alpha value is -0.0800. The molecule has 0 heterocycles. The molecule has 0 unspecified atom stereocenters. The molecule has 0 spiro atoms. The van der Waals surface area contributed by atoms with Gasteiger partial charge in [0.05, 0.1) is 0 Å². The molecule has 0 bridgehead atoms. The Kier molecular flexibility index (Phi) is 3810. The standard InChI is InChI=1S/2CH4O/c2*1-2/h2*2H,1H3/p+1.